The van der Waals surface area contributed by atoms with Crippen LogP contribution in [0.25, 0.3) is 0 Å². The van der Waals surface area contributed by atoms with E-state index in [1.807, 2.05) is 0 Å². The highest BCUT2D eigenvalue weighted by Crippen LogP contribution is 2.31. The van der Waals surface area contributed by atoms with Gasteiger partial charge in [0, 0.05) is 12.2 Å². The molecule has 6 heteroatoms. The Hall–Kier alpha value is -2.47. The number of rotatable bonds is 3. The predicted octanol–water partition coefficient (Wildman–Crippen LogP) is 2.59. The third-order valence-corrected chi connectivity index (χ3v) is 3.66. The van der Waals surface area contributed by atoms with E-state index in [-0.39, 0.29) is 11.7 Å². The summed E-state index contributed by atoms with van der Waals surface area (Å²) in [6, 6.07) is 9.00. The number of carboxylic acids is 1. The van der Waals surface area contributed by atoms with Gasteiger partial charge in [0.2, 0.25) is 5.78 Å². The molecule has 110 valence electrons. The number of aromatic nitrogens is 1. The molecule has 2 aromatic rings. The van der Waals surface area contributed by atoms with Crippen LogP contribution in [0.1, 0.15) is 34.1 Å². The molecule has 4 N–H and O–H groups in total. The average molecular weight is 290 g/mol. The van der Waals surface area contributed by atoms with Crippen molar-refractivity contribution in [2.45, 2.75) is 18.9 Å². The van der Waals surface area contributed by atoms with Crippen molar-refractivity contribution in [1.82, 2.24) is 10.7 Å². The van der Waals surface area contributed by atoms with E-state index in [1.165, 1.54) is 18.2 Å². The fourth-order valence-electron chi connectivity index (χ4n) is 2.67. The smallest absolute Gasteiger partial charge is 0.312 e. The maximum Gasteiger partial charge on any atom is 0.312 e. The van der Waals surface area contributed by atoms with Crippen LogP contribution in [0.15, 0.2) is 36.4 Å². The largest absolute Gasteiger partial charge is 0.481 e. The van der Waals surface area contributed by atoms with Crippen LogP contribution in [0.5, 0.6) is 0 Å². The quantitative estimate of drug-likeness (QED) is 0.849. The Morgan fingerprint density at radius 1 is 1.19 bits per heavy atom. The number of hydrogen-bond acceptors (Lipinski definition) is 3. The minimum absolute atomic E-state index is 0. The highest BCUT2D eigenvalue weighted by molar-refractivity contribution is 6.08. The van der Waals surface area contributed by atoms with Crippen molar-refractivity contribution in [3.63, 3.8) is 0 Å². The lowest BCUT2D eigenvalue weighted by molar-refractivity contribution is -0.138. The number of halogens is 1. The molecule has 0 bridgehead atoms. The van der Waals surface area contributed by atoms with Gasteiger partial charge >= 0.3 is 5.97 Å². The Morgan fingerprint density at radius 3 is 2.57 bits per heavy atom. The number of carboxylic acid groups (broad SMARTS) is 1. The Balaban J connectivity index is 0.00000161. The van der Waals surface area contributed by atoms with E-state index in [0.717, 1.165) is 0 Å². The van der Waals surface area contributed by atoms with Crippen LogP contribution in [-0.4, -0.2) is 21.4 Å². The molecule has 1 aromatic carbocycles. The maximum atomic E-state index is 13.7. The number of carbonyl (C=O) groups is 2. The number of carbonyl (C=O) groups excluding carboxylic acids is 1. The van der Waals surface area contributed by atoms with Crippen molar-refractivity contribution in [1.29, 1.82) is 0 Å². The molecule has 3 rings (SSSR count). The van der Waals surface area contributed by atoms with Gasteiger partial charge in [0.25, 0.3) is 0 Å². The van der Waals surface area contributed by atoms with Crippen molar-refractivity contribution in [2.24, 2.45) is 0 Å². The Morgan fingerprint density at radius 2 is 1.90 bits per heavy atom. The van der Waals surface area contributed by atoms with E-state index in [4.69, 9.17) is 5.11 Å². The molecule has 1 atom stereocenters. The van der Waals surface area contributed by atoms with Crippen LogP contribution in [0.2, 0.25) is 0 Å². The van der Waals surface area contributed by atoms with Gasteiger partial charge in [0.1, 0.15) is 5.82 Å². The second kappa shape index (κ2) is 5.49. The molecule has 0 spiro atoms. The van der Waals surface area contributed by atoms with Crippen LogP contribution in [0, 0.1) is 5.82 Å². The van der Waals surface area contributed by atoms with E-state index in [9.17, 15) is 14.0 Å². The van der Waals surface area contributed by atoms with Gasteiger partial charge in [0.15, 0.2) is 0 Å². The summed E-state index contributed by atoms with van der Waals surface area (Å²) in [6.45, 7) is 0.467. The van der Waals surface area contributed by atoms with Gasteiger partial charge in [-0.2, -0.15) is 0 Å². The summed E-state index contributed by atoms with van der Waals surface area (Å²) in [5, 5.41) is 9.11. The first-order valence-electron chi connectivity index (χ1n) is 6.31. The van der Waals surface area contributed by atoms with E-state index >= 15 is 0 Å². The zero-order valence-corrected chi connectivity index (χ0v) is 11.3. The predicted molar refractivity (Wildman–Crippen MR) is 74.3 cm³/mol. The van der Waals surface area contributed by atoms with Crippen LogP contribution < -0.4 is 6.15 Å². The summed E-state index contributed by atoms with van der Waals surface area (Å²) in [5.41, 5.74) is 0.957. The standard InChI is InChI=1S/C15H12FNO3.H3N/c16-11-4-2-1-3-9(11)14(18)13-6-5-12-10(15(19)20)7-8-17(12)13;/h1-6,10H,7-8H2,(H,19,20);1H3. The number of nitrogens with zero attached hydrogens (tertiary/aromatic N) is 1. The molecule has 5 nitrogen and oxygen atoms in total. The molecule has 1 aliphatic heterocycles. The molecular formula is C15H15FN2O3. The van der Waals surface area contributed by atoms with Gasteiger partial charge in [-0.15, -0.1) is 0 Å². The van der Waals surface area contributed by atoms with Crippen LogP contribution >= 0.6 is 0 Å². The molecule has 0 saturated carbocycles. The van der Waals surface area contributed by atoms with Gasteiger partial charge in [-0.25, -0.2) is 4.39 Å². The zero-order chi connectivity index (χ0) is 14.3. The van der Waals surface area contributed by atoms with Gasteiger partial charge in [0.05, 0.1) is 17.2 Å². The van der Waals surface area contributed by atoms with E-state index in [1.54, 1.807) is 22.8 Å². The summed E-state index contributed by atoms with van der Waals surface area (Å²) in [7, 11) is 0. The number of fused-ring (bicyclic) bond motifs is 1. The van der Waals surface area contributed by atoms with Crippen LogP contribution in [0.4, 0.5) is 4.39 Å². The van der Waals surface area contributed by atoms with E-state index in [0.29, 0.717) is 24.4 Å². The lowest BCUT2D eigenvalue weighted by atomic mass is 10.1. The van der Waals surface area contributed by atoms with Gasteiger partial charge in [-0.1, -0.05) is 12.1 Å². The lowest BCUT2D eigenvalue weighted by Crippen LogP contribution is -2.11. The molecule has 0 fully saturated rings. The molecule has 1 aliphatic rings. The molecule has 2 heterocycles. The third kappa shape index (κ3) is 2.34. The molecule has 1 unspecified atom stereocenters. The summed E-state index contributed by atoms with van der Waals surface area (Å²) in [5.74, 6) is -2.47. The van der Waals surface area contributed by atoms with Crippen molar-refractivity contribution in [3.05, 3.63) is 59.2 Å². The third-order valence-electron chi connectivity index (χ3n) is 3.66. The average Bonchev–Trinajstić information content (AvgIpc) is 2.99. The Bertz CT molecular complexity index is 709. The summed E-state index contributed by atoms with van der Waals surface area (Å²) in [4.78, 5) is 23.5. The first kappa shape index (κ1) is 14.9. The number of ketones is 1. The first-order chi connectivity index (χ1) is 9.59. The molecule has 0 radical (unpaired) electrons. The number of benzene rings is 1. The monoisotopic (exact) mass is 290 g/mol. The molecule has 0 aliphatic carbocycles. The molecular weight excluding hydrogens is 275 g/mol. The summed E-state index contributed by atoms with van der Waals surface area (Å²) < 4.78 is 15.3. The van der Waals surface area contributed by atoms with Gasteiger partial charge in [-0.3, -0.25) is 9.59 Å². The minimum Gasteiger partial charge on any atom is -0.481 e. The molecule has 1 aromatic heterocycles. The maximum absolute atomic E-state index is 13.7. The lowest BCUT2D eigenvalue weighted by Gasteiger charge is -2.06. The number of aliphatic carboxylic acids is 1. The highest BCUT2D eigenvalue weighted by atomic mass is 19.1. The molecule has 21 heavy (non-hydrogen) atoms. The van der Waals surface area contributed by atoms with E-state index in [2.05, 4.69) is 0 Å². The minimum atomic E-state index is -0.897. The van der Waals surface area contributed by atoms with Crippen LogP contribution in [-0.2, 0) is 11.3 Å². The SMILES string of the molecule is N.O=C(c1ccccc1F)c1ccc2n1CCC2C(=O)O. The van der Waals surface area contributed by atoms with Crippen LogP contribution in [0.3, 0.4) is 0 Å². The van der Waals surface area contributed by atoms with Crippen molar-refractivity contribution >= 4 is 11.8 Å². The van der Waals surface area contributed by atoms with Gasteiger partial charge < -0.3 is 15.8 Å². The summed E-state index contributed by atoms with van der Waals surface area (Å²) >= 11 is 0. The Labute approximate surface area is 120 Å². The van der Waals surface area contributed by atoms with Crippen molar-refractivity contribution in [2.75, 3.05) is 0 Å². The topological polar surface area (TPSA) is 94.3 Å². The van der Waals surface area contributed by atoms with E-state index < -0.39 is 23.5 Å². The van der Waals surface area contributed by atoms with Gasteiger partial charge in [-0.05, 0) is 30.7 Å². The second-order valence-electron chi connectivity index (χ2n) is 4.78. The first-order valence-corrected chi connectivity index (χ1v) is 6.31. The molecule has 0 amide bonds. The fraction of sp³-hybridized carbons (Fsp3) is 0.200. The molecule has 0 saturated heterocycles. The van der Waals surface area contributed by atoms with Crippen molar-refractivity contribution in [3.8, 4) is 0 Å². The fourth-order valence-corrected chi connectivity index (χ4v) is 2.67. The highest BCUT2D eigenvalue weighted by Gasteiger charge is 2.32. The summed E-state index contributed by atoms with van der Waals surface area (Å²) in [6.07, 6.45) is 0.461. The Kier molecular flexibility index (Phi) is 3.90. The zero-order valence-electron chi connectivity index (χ0n) is 11.3. The van der Waals surface area contributed by atoms with Crippen molar-refractivity contribution < 1.29 is 19.1 Å². The normalized spacial score (nSPS) is 16.1. The number of hydrogen-bond donors (Lipinski definition) is 2. The second-order valence-corrected chi connectivity index (χ2v) is 4.78.